The second-order valence-corrected chi connectivity index (χ2v) is 8.23. The summed E-state index contributed by atoms with van der Waals surface area (Å²) < 4.78 is 10.7. The summed E-state index contributed by atoms with van der Waals surface area (Å²) in [5, 5.41) is 6.42. The number of nitrogens with one attached hydrogen (secondary N) is 2. The van der Waals surface area contributed by atoms with E-state index >= 15 is 0 Å². The van der Waals surface area contributed by atoms with Crippen LogP contribution in [0.4, 0.5) is 0 Å². The molecule has 2 rings (SSSR count). The first-order valence-electron chi connectivity index (χ1n) is 10.1. The van der Waals surface area contributed by atoms with Gasteiger partial charge in [-0.2, -0.15) is 11.8 Å². The molecule has 7 nitrogen and oxygen atoms in total. The second-order valence-electron chi connectivity index (χ2n) is 6.68. The van der Waals surface area contributed by atoms with Crippen LogP contribution < -0.4 is 16.4 Å². The van der Waals surface area contributed by atoms with E-state index in [1.165, 1.54) is 0 Å². The Bertz CT molecular complexity index is 869. The molecule has 1 aliphatic rings. The number of dihydropyridines is 1. The fourth-order valence-electron chi connectivity index (χ4n) is 3.34. The van der Waals surface area contributed by atoms with E-state index in [2.05, 4.69) is 10.6 Å². The van der Waals surface area contributed by atoms with Crippen LogP contribution in [0, 0.1) is 0 Å². The standard InChI is InChI=1S/C22H29N3O4S2/c1-4-28-20(26)17-14(3)25-16(13-31-12-11-24-22(23)30)19(21(27)29-5-2)18(17)15-9-7-6-8-10-15/h6-10,18,25H,4-5,11-13H2,1-3H3,(H3,23,24,30). The van der Waals surface area contributed by atoms with Crippen molar-refractivity contribution in [2.45, 2.75) is 26.7 Å². The van der Waals surface area contributed by atoms with Crippen LogP contribution in [0.25, 0.3) is 0 Å². The van der Waals surface area contributed by atoms with Gasteiger partial charge in [-0.05, 0) is 38.6 Å². The van der Waals surface area contributed by atoms with Gasteiger partial charge in [0.15, 0.2) is 5.11 Å². The molecular weight excluding hydrogens is 434 g/mol. The third-order valence-corrected chi connectivity index (χ3v) is 5.69. The van der Waals surface area contributed by atoms with Crippen molar-refractivity contribution in [2.75, 3.05) is 31.3 Å². The Morgan fingerprint density at radius 3 is 2.32 bits per heavy atom. The van der Waals surface area contributed by atoms with Crippen molar-refractivity contribution in [3.05, 3.63) is 58.4 Å². The maximum atomic E-state index is 13.1. The van der Waals surface area contributed by atoms with Gasteiger partial charge in [0, 0.05) is 29.4 Å². The Kier molecular flexibility index (Phi) is 9.87. The zero-order chi connectivity index (χ0) is 22.8. The lowest BCUT2D eigenvalue weighted by Crippen LogP contribution is -2.34. The Morgan fingerprint density at radius 2 is 1.74 bits per heavy atom. The van der Waals surface area contributed by atoms with Gasteiger partial charge in [0.1, 0.15) is 0 Å². The van der Waals surface area contributed by atoms with Gasteiger partial charge in [-0.3, -0.25) is 0 Å². The zero-order valence-corrected chi connectivity index (χ0v) is 19.7. The number of ether oxygens (including phenoxy) is 2. The number of carbonyl (C=O) groups excluding carboxylic acids is 2. The predicted octanol–water partition coefficient (Wildman–Crippen LogP) is 2.59. The van der Waals surface area contributed by atoms with E-state index < -0.39 is 17.9 Å². The number of nitrogens with two attached hydrogens (primary N) is 1. The van der Waals surface area contributed by atoms with E-state index in [0.29, 0.717) is 29.1 Å². The Balaban J connectivity index is 2.46. The first kappa shape index (κ1) is 24.7. The number of thiocarbonyl (C=S) groups is 1. The third kappa shape index (κ3) is 6.73. The summed E-state index contributed by atoms with van der Waals surface area (Å²) in [6.45, 7) is 6.44. The van der Waals surface area contributed by atoms with Crippen molar-refractivity contribution in [1.29, 1.82) is 0 Å². The summed E-state index contributed by atoms with van der Waals surface area (Å²) in [6.07, 6.45) is 0. The van der Waals surface area contributed by atoms with Crippen LogP contribution in [-0.4, -0.2) is 48.3 Å². The minimum atomic E-state index is -0.578. The average molecular weight is 464 g/mol. The molecule has 0 amide bonds. The minimum absolute atomic E-state index is 0.236. The molecule has 0 radical (unpaired) electrons. The average Bonchev–Trinajstić information content (AvgIpc) is 2.73. The van der Waals surface area contributed by atoms with E-state index in [9.17, 15) is 9.59 Å². The molecule has 9 heteroatoms. The predicted molar refractivity (Wildman–Crippen MR) is 127 cm³/mol. The van der Waals surface area contributed by atoms with E-state index in [1.807, 2.05) is 37.3 Å². The van der Waals surface area contributed by atoms with Crippen LogP contribution in [0.5, 0.6) is 0 Å². The van der Waals surface area contributed by atoms with Crippen LogP contribution in [0.15, 0.2) is 52.9 Å². The lowest BCUT2D eigenvalue weighted by molar-refractivity contribution is -0.139. The van der Waals surface area contributed by atoms with Gasteiger partial charge in [0.25, 0.3) is 0 Å². The lowest BCUT2D eigenvalue weighted by Gasteiger charge is -2.31. The number of hydrogen-bond donors (Lipinski definition) is 3. The van der Waals surface area contributed by atoms with Crippen molar-refractivity contribution < 1.29 is 19.1 Å². The van der Waals surface area contributed by atoms with Gasteiger partial charge in [-0.15, -0.1) is 0 Å². The van der Waals surface area contributed by atoms with Crippen LogP contribution >= 0.6 is 24.0 Å². The molecule has 1 aliphatic heterocycles. The van der Waals surface area contributed by atoms with E-state index in [1.54, 1.807) is 25.6 Å². The first-order chi connectivity index (χ1) is 14.9. The fraction of sp³-hybridized carbons (Fsp3) is 0.409. The minimum Gasteiger partial charge on any atom is -0.463 e. The quantitative estimate of drug-likeness (QED) is 0.274. The molecule has 31 heavy (non-hydrogen) atoms. The first-order valence-corrected chi connectivity index (χ1v) is 11.7. The van der Waals surface area contributed by atoms with Crippen molar-refractivity contribution in [3.8, 4) is 0 Å². The van der Waals surface area contributed by atoms with Crippen LogP contribution in [0.2, 0.25) is 0 Å². The van der Waals surface area contributed by atoms with Gasteiger partial charge in [0.2, 0.25) is 0 Å². The molecule has 1 aromatic carbocycles. The summed E-state index contributed by atoms with van der Waals surface area (Å²) in [6, 6.07) is 9.46. The number of esters is 2. The second kappa shape index (κ2) is 12.4. The SMILES string of the molecule is CCOC(=O)C1=C(C)NC(CSCCNC(N)=S)=C(C(=O)OCC)C1c1ccccc1. The Labute approximate surface area is 192 Å². The summed E-state index contributed by atoms with van der Waals surface area (Å²) >= 11 is 6.44. The van der Waals surface area contributed by atoms with Gasteiger partial charge >= 0.3 is 11.9 Å². The van der Waals surface area contributed by atoms with Gasteiger partial charge in [0.05, 0.1) is 30.3 Å². The number of benzene rings is 1. The highest BCUT2D eigenvalue weighted by atomic mass is 32.2. The molecule has 168 valence electrons. The number of thioether (sulfide) groups is 1. The molecule has 0 aromatic heterocycles. The van der Waals surface area contributed by atoms with Crippen LogP contribution in [0.3, 0.4) is 0 Å². The van der Waals surface area contributed by atoms with Crippen molar-refractivity contribution in [1.82, 2.24) is 10.6 Å². The monoisotopic (exact) mass is 463 g/mol. The number of carbonyl (C=O) groups is 2. The highest BCUT2D eigenvalue weighted by Gasteiger charge is 2.38. The topological polar surface area (TPSA) is 103 Å². The smallest absolute Gasteiger partial charge is 0.336 e. The zero-order valence-electron chi connectivity index (χ0n) is 18.0. The van der Waals surface area contributed by atoms with Gasteiger partial charge < -0.3 is 25.8 Å². The summed E-state index contributed by atoms with van der Waals surface area (Å²) in [7, 11) is 0. The van der Waals surface area contributed by atoms with Crippen LogP contribution in [-0.2, 0) is 19.1 Å². The fourth-order valence-corrected chi connectivity index (χ4v) is 4.26. The Morgan fingerprint density at radius 1 is 1.13 bits per heavy atom. The summed E-state index contributed by atoms with van der Waals surface area (Å²) in [5.74, 6) is -0.206. The van der Waals surface area contributed by atoms with E-state index in [0.717, 1.165) is 17.0 Å². The molecule has 1 heterocycles. The lowest BCUT2D eigenvalue weighted by atomic mass is 9.80. The van der Waals surface area contributed by atoms with Crippen molar-refractivity contribution >= 4 is 41.0 Å². The molecule has 0 spiro atoms. The molecule has 4 N–H and O–H groups in total. The van der Waals surface area contributed by atoms with Gasteiger partial charge in [-0.25, -0.2) is 9.59 Å². The third-order valence-electron chi connectivity index (χ3n) is 4.56. The van der Waals surface area contributed by atoms with Gasteiger partial charge in [-0.1, -0.05) is 30.3 Å². The highest BCUT2D eigenvalue weighted by Crippen LogP contribution is 2.39. The van der Waals surface area contributed by atoms with E-state index in [4.69, 9.17) is 27.4 Å². The number of rotatable bonds is 10. The summed E-state index contributed by atoms with van der Waals surface area (Å²) in [5.41, 5.74) is 8.51. The normalized spacial score (nSPS) is 15.9. The number of allylic oxidation sites excluding steroid dienone is 1. The maximum Gasteiger partial charge on any atom is 0.336 e. The Hall–Kier alpha value is -2.52. The molecule has 1 aromatic rings. The van der Waals surface area contributed by atoms with Crippen molar-refractivity contribution in [2.24, 2.45) is 5.73 Å². The summed E-state index contributed by atoms with van der Waals surface area (Å²) in [4.78, 5) is 25.9. The number of hydrogen-bond acceptors (Lipinski definition) is 7. The molecule has 1 unspecified atom stereocenters. The van der Waals surface area contributed by atoms with Crippen LogP contribution in [0.1, 0.15) is 32.3 Å². The largest absolute Gasteiger partial charge is 0.463 e. The molecule has 0 saturated heterocycles. The van der Waals surface area contributed by atoms with Crippen molar-refractivity contribution in [3.63, 3.8) is 0 Å². The molecule has 0 saturated carbocycles. The molecular formula is C22H29N3O4S2. The maximum absolute atomic E-state index is 13.1. The molecule has 1 atom stereocenters. The highest BCUT2D eigenvalue weighted by molar-refractivity contribution is 7.99. The molecule has 0 bridgehead atoms. The van der Waals surface area contributed by atoms with E-state index in [-0.39, 0.29) is 18.3 Å². The molecule has 0 fully saturated rings. The molecule has 0 aliphatic carbocycles.